The Kier molecular flexibility index (Phi) is 3.26. The molecular weight excluding hydrogens is 257 g/mol. The number of nitrogens with zero attached hydrogens (tertiary/aromatic N) is 2. The van der Waals surface area contributed by atoms with Gasteiger partial charge in [-0.3, -0.25) is 4.79 Å². The Bertz CT molecular complexity index is 634. The van der Waals surface area contributed by atoms with Gasteiger partial charge in [0.1, 0.15) is 17.7 Å². The van der Waals surface area contributed by atoms with Crippen LogP contribution in [0.4, 0.5) is 4.39 Å². The molecule has 20 heavy (non-hydrogen) atoms. The van der Waals surface area contributed by atoms with Crippen LogP contribution in [0.3, 0.4) is 0 Å². The molecule has 1 saturated carbocycles. The van der Waals surface area contributed by atoms with Gasteiger partial charge in [-0.1, -0.05) is 12.1 Å². The van der Waals surface area contributed by atoms with E-state index in [0.29, 0.717) is 11.4 Å². The molecule has 1 N–H and O–H groups in total. The lowest BCUT2D eigenvalue weighted by Crippen LogP contribution is -2.32. The summed E-state index contributed by atoms with van der Waals surface area (Å²) in [7, 11) is 1.86. The van der Waals surface area contributed by atoms with E-state index in [0.717, 1.165) is 12.8 Å². The standard InChI is InChI=1S/C15H16FN3O/c1-19-8-7-17-14(19)13(18-15(20)10-5-6-10)11-3-2-4-12(16)9-11/h2-4,7-10,13H,5-6H2,1H3,(H,18,20)/t13-/m0/s1. The van der Waals surface area contributed by atoms with Crippen molar-refractivity contribution in [2.45, 2.75) is 18.9 Å². The lowest BCUT2D eigenvalue weighted by molar-refractivity contribution is -0.122. The number of imidazole rings is 1. The molecule has 0 bridgehead atoms. The molecule has 0 aliphatic heterocycles. The summed E-state index contributed by atoms with van der Waals surface area (Å²) in [4.78, 5) is 16.3. The zero-order valence-corrected chi connectivity index (χ0v) is 11.2. The molecular formula is C15H16FN3O. The maximum absolute atomic E-state index is 13.4. The van der Waals surface area contributed by atoms with Crippen molar-refractivity contribution in [1.29, 1.82) is 0 Å². The first-order valence-electron chi connectivity index (χ1n) is 6.68. The van der Waals surface area contributed by atoms with Crippen molar-refractivity contribution < 1.29 is 9.18 Å². The van der Waals surface area contributed by atoms with Gasteiger partial charge in [-0.05, 0) is 30.5 Å². The van der Waals surface area contributed by atoms with Gasteiger partial charge in [-0.15, -0.1) is 0 Å². The topological polar surface area (TPSA) is 46.9 Å². The van der Waals surface area contributed by atoms with E-state index in [1.807, 2.05) is 17.8 Å². The summed E-state index contributed by atoms with van der Waals surface area (Å²) < 4.78 is 15.3. The number of hydrogen-bond acceptors (Lipinski definition) is 2. The second-order valence-electron chi connectivity index (χ2n) is 5.17. The minimum absolute atomic E-state index is 0.0160. The van der Waals surface area contributed by atoms with Crippen LogP contribution >= 0.6 is 0 Å². The molecule has 0 saturated heterocycles. The number of aromatic nitrogens is 2. The third-order valence-corrected chi connectivity index (χ3v) is 3.53. The van der Waals surface area contributed by atoms with E-state index in [1.165, 1.54) is 12.1 Å². The Balaban J connectivity index is 1.94. The molecule has 1 heterocycles. The van der Waals surface area contributed by atoms with Gasteiger partial charge in [0.15, 0.2) is 0 Å². The van der Waals surface area contributed by atoms with Crippen molar-refractivity contribution in [1.82, 2.24) is 14.9 Å². The molecule has 1 aliphatic rings. The van der Waals surface area contributed by atoms with Crippen LogP contribution in [0.1, 0.15) is 30.3 Å². The molecule has 104 valence electrons. The van der Waals surface area contributed by atoms with E-state index in [-0.39, 0.29) is 17.6 Å². The molecule has 1 aliphatic carbocycles. The lowest BCUT2D eigenvalue weighted by Gasteiger charge is -2.19. The minimum Gasteiger partial charge on any atom is -0.342 e. The van der Waals surface area contributed by atoms with Gasteiger partial charge in [0.05, 0.1) is 0 Å². The van der Waals surface area contributed by atoms with Crippen LogP contribution in [0, 0.1) is 11.7 Å². The van der Waals surface area contributed by atoms with Crippen LogP contribution < -0.4 is 5.32 Å². The molecule has 1 aromatic heterocycles. The second-order valence-corrected chi connectivity index (χ2v) is 5.17. The van der Waals surface area contributed by atoms with Gasteiger partial charge in [0.2, 0.25) is 5.91 Å². The molecule has 3 rings (SSSR count). The summed E-state index contributed by atoms with van der Waals surface area (Å²) in [5.74, 6) is 0.501. The number of hydrogen-bond donors (Lipinski definition) is 1. The number of amides is 1. The van der Waals surface area contributed by atoms with E-state index in [4.69, 9.17) is 0 Å². The Morgan fingerprint density at radius 1 is 1.50 bits per heavy atom. The summed E-state index contributed by atoms with van der Waals surface area (Å²) in [6, 6.07) is 5.85. The minimum atomic E-state index is -0.418. The molecule has 1 fully saturated rings. The first-order chi connectivity index (χ1) is 9.65. The van der Waals surface area contributed by atoms with E-state index in [1.54, 1.807) is 18.3 Å². The summed E-state index contributed by atoms with van der Waals surface area (Å²) >= 11 is 0. The SMILES string of the molecule is Cn1ccnc1[C@@H](NC(=O)C1CC1)c1cccc(F)c1. The van der Waals surface area contributed by atoms with Crippen LogP contribution in [0.15, 0.2) is 36.7 Å². The Hall–Kier alpha value is -2.17. The summed E-state index contributed by atoms with van der Waals surface area (Å²) in [5.41, 5.74) is 0.702. The maximum atomic E-state index is 13.4. The predicted octanol–water partition coefficient (Wildman–Crippen LogP) is 2.17. The smallest absolute Gasteiger partial charge is 0.223 e. The Labute approximate surface area is 116 Å². The maximum Gasteiger partial charge on any atom is 0.223 e. The molecule has 0 unspecified atom stereocenters. The van der Waals surface area contributed by atoms with Gasteiger partial charge in [-0.25, -0.2) is 9.37 Å². The monoisotopic (exact) mass is 273 g/mol. The summed E-state index contributed by atoms with van der Waals surface area (Å²) in [6.45, 7) is 0. The summed E-state index contributed by atoms with van der Waals surface area (Å²) in [6.07, 6.45) is 5.35. The molecule has 0 radical (unpaired) electrons. The van der Waals surface area contributed by atoms with Gasteiger partial charge >= 0.3 is 0 Å². The largest absolute Gasteiger partial charge is 0.342 e. The van der Waals surface area contributed by atoms with Crippen LogP contribution in [0.5, 0.6) is 0 Å². The van der Waals surface area contributed by atoms with Crippen LogP contribution in [0.25, 0.3) is 0 Å². The zero-order chi connectivity index (χ0) is 14.1. The van der Waals surface area contributed by atoms with Gasteiger partial charge in [-0.2, -0.15) is 0 Å². The van der Waals surface area contributed by atoms with E-state index in [2.05, 4.69) is 10.3 Å². The highest BCUT2D eigenvalue weighted by molar-refractivity contribution is 5.81. The zero-order valence-electron chi connectivity index (χ0n) is 11.2. The van der Waals surface area contributed by atoms with Crippen LogP contribution in [-0.4, -0.2) is 15.5 Å². The third-order valence-electron chi connectivity index (χ3n) is 3.53. The normalized spacial score (nSPS) is 15.9. The highest BCUT2D eigenvalue weighted by Gasteiger charge is 2.32. The highest BCUT2D eigenvalue weighted by atomic mass is 19.1. The van der Waals surface area contributed by atoms with Gasteiger partial charge < -0.3 is 9.88 Å². The Morgan fingerprint density at radius 2 is 2.30 bits per heavy atom. The molecule has 1 aromatic carbocycles. The van der Waals surface area contributed by atoms with Gasteiger partial charge in [0.25, 0.3) is 0 Å². The average molecular weight is 273 g/mol. The molecule has 2 aromatic rings. The first-order valence-corrected chi connectivity index (χ1v) is 6.68. The van der Waals surface area contributed by atoms with Crippen LogP contribution in [-0.2, 0) is 11.8 Å². The molecule has 1 amide bonds. The number of benzene rings is 1. The Morgan fingerprint density at radius 3 is 2.90 bits per heavy atom. The molecule has 5 heteroatoms. The fourth-order valence-electron chi connectivity index (χ4n) is 2.24. The molecule has 4 nitrogen and oxygen atoms in total. The molecule has 1 atom stereocenters. The lowest BCUT2D eigenvalue weighted by atomic mass is 10.1. The van der Waals surface area contributed by atoms with Crippen molar-refractivity contribution in [2.24, 2.45) is 13.0 Å². The number of aryl methyl sites for hydroxylation is 1. The van der Waals surface area contributed by atoms with Crippen molar-refractivity contribution in [3.63, 3.8) is 0 Å². The van der Waals surface area contributed by atoms with Crippen molar-refractivity contribution in [2.75, 3.05) is 0 Å². The fraction of sp³-hybridized carbons (Fsp3) is 0.333. The van der Waals surface area contributed by atoms with Crippen LogP contribution in [0.2, 0.25) is 0 Å². The number of nitrogens with one attached hydrogen (secondary N) is 1. The molecule has 0 spiro atoms. The van der Waals surface area contributed by atoms with E-state index in [9.17, 15) is 9.18 Å². The third kappa shape index (κ3) is 2.57. The highest BCUT2D eigenvalue weighted by Crippen LogP contribution is 2.31. The van der Waals surface area contributed by atoms with Crippen molar-refractivity contribution >= 4 is 5.91 Å². The summed E-state index contributed by atoms with van der Waals surface area (Å²) in [5, 5.41) is 2.98. The van der Waals surface area contributed by atoms with Crippen molar-refractivity contribution in [3.05, 3.63) is 53.9 Å². The predicted molar refractivity (Wildman–Crippen MR) is 72.3 cm³/mol. The van der Waals surface area contributed by atoms with Gasteiger partial charge in [0, 0.05) is 25.4 Å². The van der Waals surface area contributed by atoms with Crippen molar-refractivity contribution in [3.8, 4) is 0 Å². The quantitative estimate of drug-likeness (QED) is 0.928. The van der Waals surface area contributed by atoms with E-state index < -0.39 is 6.04 Å². The first kappa shape index (κ1) is 12.8. The average Bonchev–Trinajstić information content (AvgIpc) is 3.19. The second kappa shape index (κ2) is 5.07. The van der Waals surface area contributed by atoms with E-state index >= 15 is 0 Å². The number of carbonyl (C=O) groups is 1. The number of carbonyl (C=O) groups excluding carboxylic acids is 1. The fourth-order valence-corrected chi connectivity index (χ4v) is 2.24. The number of rotatable bonds is 4. The number of halogens is 1.